The number of anilines is 1. The molecule has 0 aliphatic rings. The molecule has 1 atom stereocenters. The molecule has 1 N–H and O–H groups in total. The lowest BCUT2D eigenvalue weighted by atomic mass is 9.97. The Kier molecular flexibility index (Phi) is 6.96. The number of rotatable bonds is 7. The Morgan fingerprint density at radius 1 is 0.914 bits per heavy atom. The number of nitrogens with zero attached hydrogens (tertiary/aromatic N) is 1. The zero-order valence-corrected chi connectivity index (χ0v) is 19.8. The number of methoxy groups -OCH3 is 1. The van der Waals surface area contributed by atoms with Gasteiger partial charge in [-0.1, -0.05) is 67.6 Å². The Morgan fingerprint density at radius 3 is 2.23 bits per heavy atom. The fraction of sp³-hybridized carbons (Fsp3) is 0.179. The number of ether oxygens (including phenoxy) is 2. The number of carbonyl (C=O) groups is 2. The number of hydrogen-bond acceptors (Lipinski definition) is 5. The molecule has 0 aliphatic carbocycles. The Balaban J connectivity index is 1.75. The first-order chi connectivity index (χ1) is 17.0. The summed E-state index contributed by atoms with van der Waals surface area (Å²) in [5.41, 5.74) is 1.57. The Hall–Kier alpha value is -4.39. The predicted octanol–water partition coefficient (Wildman–Crippen LogP) is 4.79. The van der Waals surface area contributed by atoms with Crippen LogP contribution in [0.3, 0.4) is 0 Å². The van der Waals surface area contributed by atoms with E-state index in [1.54, 1.807) is 43.3 Å². The van der Waals surface area contributed by atoms with E-state index < -0.39 is 18.0 Å². The average molecular weight is 471 g/mol. The quantitative estimate of drug-likeness (QED) is 0.393. The third kappa shape index (κ3) is 4.66. The Labute approximate surface area is 202 Å². The fourth-order valence-corrected chi connectivity index (χ4v) is 4.07. The summed E-state index contributed by atoms with van der Waals surface area (Å²) in [5.74, 6) is -0.751. The van der Waals surface area contributed by atoms with E-state index in [2.05, 4.69) is 5.32 Å². The van der Waals surface area contributed by atoms with Gasteiger partial charge in [0.05, 0.1) is 12.8 Å². The third-order valence-electron chi connectivity index (χ3n) is 5.84. The van der Waals surface area contributed by atoms with Crippen molar-refractivity contribution in [3.63, 3.8) is 0 Å². The molecule has 7 nitrogen and oxygen atoms in total. The van der Waals surface area contributed by atoms with Crippen LogP contribution in [-0.4, -0.2) is 29.7 Å². The highest BCUT2D eigenvalue weighted by atomic mass is 16.5. The number of benzene rings is 3. The number of amides is 1. The SMILES string of the molecule is CCC(OC(=O)c1c(-c2ccccc2)c2ccccc2c(=O)n1C)C(=O)Nc1ccccc1OC. The van der Waals surface area contributed by atoms with Gasteiger partial charge in [0.25, 0.3) is 11.5 Å². The van der Waals surface area contributed by atoms with Gasteiger partial charge < -0.3 is 19.4 Å². The Bertz CT molecular complexity index is 1440. The minimum Gasteiger partial charge on any atom is -0.495 e. The number of aromatic nitrogens is 1. The van der Waals surface area contributed by atoms with E-state index in [1.807, 2.05) is 42.5 Å². The molecule has 178 valence electrons. The van der Waals surface area contributed by atoms with E-state index in [4.69, 9.17) is 9.47 Å². The molecule has 1 unspecified atom stereocenters. The molecular weight excluding hydrogens is 444 g/mol. The van der Waals surface area contributed by atoms with E-state index in [0.29, 0.717) is 27.8 Å². The second kappa shape index (κ2) is 10.3. The molecule has 1 amide bonds. The lowest BCUT2D eigenvalue weighted by Crippen LogP contribution is -2.34. The van der Waals surface area contributed by atoms with Crippen molar-refractivity contribution in [2.45, 2.75) is 19.4 Å². The van der Waals surface area contributed by atoms with Crippen molar-refractivity contribution in [1.29, 1.82) is 0 Å². The highest BCUT2D eigenvalue weighted by Gasteiger charge is 2.28. The van der Waals surface area contributed by atoms with Gasteiger partial charge in [0.2, 0.25) is 0 Å². The lowest BCUT2D eigenvalue weighted by molar-refractivity contribution is -0.124. The number of pyridine rings is 1. The maximum atomic E-state index is 13.5. The van der Waals surface area contributed by atoms with E-state index in [-0.39, 0.29) is 17.7 Å². The molecule has 0 fully saturated rings. The van der Waals surface area contributed by atoms with Crippen molar-refractivity contribution in [3.8, 4) is 16.9 Å². The van der Waals surface area contributed by atoms with Crippen molar-refractivity contribution in [2.75, 3.05) is 12.4 Å². The van der Waals surface area contributed by atoms with Gasteiger partial charge in [0.1, 0.15) is 11.4 Å². The summed E-state index contributed by atoms with van der Waals surface area (Å²) < 4.78 is 12.3. The highest BCUT2D eigenvalue weighted by Crippen LogP contribution is 2.31. The molecule has 3 aromatic carbocycles. The summed E-state index contributed by atoms with van der Waals surface area (Å²) in [6.07, 6.45) is -0.827. The molecule has 4 aromatic rings. The first-order valence-corrected chi connectivity index (χ1v) is 11.3. The van der Waals surface area contributed by atoms with Crippen LogP contribution in [0.1, 0.15) is 23.8 Å². The third-order valence-corrected chi connectivity index (χ3v) is 5.84. The summed E-state index contributed by atoms with van der Waals surface area (Å²) in [5, 5.41) is 3.89. The number of nitrogens with one attached hydrogen (secondary N) is 1. The van der Waals surface area contributed by atoms with Gasteiger partial charge in [0, 0.05) is 18.0 Å². The number of esters is 1. The molecular formula is C28H26N2O5. The molecule has 0 spiro atoms. The van der Waals surface area contributed by atoms with E-state index in [1.165, 1.54) is 18.7 Å². The van der Waals surface area contributed by atoms with Gasteiger partial charge in [-0.05, 0) is 35.6 Å². The van der Waals surface area contributed by atoms with Crippen LogP contribution in [0.15, 0.2) is 83.7 Å². The minimum atomic E-state index is -1.07. The maximum Gasteiger partial charge on any atom is 0.356 e. The van der Waals surface area contributed by atoms with Crippen LogP contribution in [0.4, 0.5) is 5.69 Å². The van der Waals surface area contributed by atoms with Gasteiger partial charge in [-0.2, -0.15) is 0 Å². The number of para-hydroxylation sites is 2. The molecule has 0 radical (unpaired) electrons. The molecule has 0 saturated heterocycles. The van der Waals surface area contributed by atoms with Crippen molar-refractivity contribution >= 4 is 28.3 Å². The van der Waals surface area contributed by atoms with Crippen LogP contribution < -0.4 is 15.6 Å². The summed E-state index contributed by atoms with van der Waals surface area (Å²) in [7, 11) is 3.04. The fourth-order valence-electron chi connectivity index (χ4n) is 4.07. The maximum absolute atomic E-state index is 13.5. The van der Waals surface area contributed by atoms with Crippen molar-refractivity contribution in [1.82, 2.24) is 4.57 Å². The molecule has 0 bridgehead atoms. The molecule has 7 heteroatoms. The first kappa shape index (κ1) is 23.8. The molecule has 0 aliphatic heterocycles. The minimum absolute atomic E-state index is 0.0865. The van der Waals surface area contributed by atoms with Crippen LogP contribution in [0.25, 0.3) is 21.9 Å². The van der Waals surface area contributed by atoms with E-state index in [0.717, 1.165) is 5.56 Å². The summed E-state index contributed by atoms with van der Waals surface area (Å²) in [4.78, 5) is 39.6. The smallest absolute Gasteiger partial charge is 0.356 e. The van der Waals surface area contributed by atoms with Crippen LogP contribution in [0.5, 0.6) is 5.75 Å². The number of fused-ring (bicyclic) bond motifs is 1. The summed E-state index contributed by atoms with van der Waals surface area (Å²) >= 11 is 0. The van der Waals surface area contributed by atoms with Gasteiger partial charge in [-0.15, -0.1) is 0 Å². The molecule has 1 heterocycles. The topological polar surface area (TPSA) is 86.6 Å². The monoisotopic (exact) mass is 470 g/mol. The van der Waals surface area contributed by atoms with E-state index in [9.17, 15) is 14.4 Å². The average Bonchev–Trinajstić information content (AvgIpc) is 2.89. The number of carbonyl (C=O) groups excluding carboxylic acids is 2. The Morgan fingerprint density at radius 2 is 1.54 bits per heavy atom. The first-order valence-electron chi connectivity index (χ1n) is 11.3. The largest absolute Gasteiger partial charge is 0.495 e. The van der Waals surface area contributed by atoms with Crippen molar-refractivity contribution in [2.24, 2.45) is 7.05 Å². The van der Waals surface area contributed by atoms with Crippen LogP contribution in [0.2, 0.25) is 0 Å². The molecule has 35 heavy (non-hydrogen) atoms. The summed E-state index contributed by atoms with van der Waals surface area (Å²) in [6, 6.07) is 23.5. The zero-order chi connectivity index (χ0) is 24.9. The van der Waals surface area contributed by atoms with Gasteiger partial charge >= 0.3 is 5.97 Å². The highest BCUT2D eigenvalue weighted by molar-refractivity contribution is 6.07. The van der Waals surface area contributed by atoms with Gasteiger partial charge in [-0.3, -0.25) is 9.59 Å². The zero-order valence-electron chi connectivity index (χ0n) is 19.8. The molecule has 0 saturated carbocycles. The summed E-state index contributed by atoms with van der Waals surface area (Å²) in [6.45, 7) is 1.75. The van der Waals surface area contributed by atoms with Crippen LogP contribution in [0, 0.1) is 0 Å². The standard InChI is InChI=1S/C28H26N2O5/c1-4-22(26(31)29-21-16-10-11-17-23(21)34-3)35-28(33)25-24(18-12-6-5-7-13-18)19-14-8-9-15-20(19)27(32)30(25)2/h5-17,22H,4H2,1-3H3,(H,29,31). The molecule has 4 rings (SSSR count). The van der Waals surface area contributed by atoms with Gasteiger partial charge in [0.15, 0.2) is 6.10 Å². The van der Waals surface area contributed by atoms with Crippen LogP contribution in [-0.2, 0) is 16.6 Å². The van der Waals surface area contributed by atoms with E-state index >= 15 is 0 Å². The second-order valence-corrected chi connectivity index (χ2v) is 7.99. The normalized spacial score (nSPS) is 11.6. The van der Waals surface area contributed by atoms with Gasteiger partial charge in [-0.25, -0.2) is 4.79 Å². The predicted molar refractivity (Wildman–Crippen MR) is 136 cm³/mol. The van der Waals surface area contributed by atoms with Crippen molar-refractivity contribution in [3.05, 3.63) is 94.9 Å². The lowest BCUT2D eigenvalue weighted by Gasteiger charge is -2.20. The van der Waals surface area contributed by atoms with Crippen molar-refractivity contribution < 1.29 is 19.1 Å². The second-order valence-electron chi connectivity index (χ2n) is 7.99. The number of hydrogen-bond donors (Lipinski definition) is 1. The van der Waals surface area contributed by atoms with Crippen LogP contribution >= 0.6 is 0 Å². The molecule has 1 aromatic heterocycles.